The van der Waals surface area contributed by atoms with Gasteiger partial charge in [-0.1, -0.05) is 24.3 Å². The molecule has 1 aromatic carbocycles. The Balaban J connectivity index is 3.21. The highest BCUT2D eigenvalue weighted by atomic mass is 16.4. The quantitative estimate of drug-likeness (QED) is 0.792. The van der Waals surface area contributed by atoms with E-state index in [-0.39, 0.29) is 13.0 Å². The molecule has 1 rings (SSSR count). The fraction of sp³-hybridized carbons (Fsp3) is 0.417. The van der Waals surface area contributed by atoms with Gasteiger partial charge in [0.1, 0.15) is 0 Å². The topological polar surface area (TPSA) is 57.5 Å². The molecule has 0 saturated carbocycles. The molecular formula is C12H16O3. The highest BCUT2D eigenvalue weighted by Gasteiger charge is 2.35. The number of rotatable bonds is 4. The second-order valence-electron chi connectivity index (χ2n) is 3.93. The Morgan fingerprint density at radius 2 is 2.00 bits per heavy atom. The van der Waals surface area contributed by atoms with Crippen LogP contribution in [0, 0.1) is 6.92 Å². The summed E-state index contributed by atoms with van der Waals surface area (Å²) in [5.41, 5.74) is 0.711. The summed E-state index contributed by atoms with van der Waals surface area (Å²) >= 11 is 0. The molecule has 0 amide bonds. The third kappa shape index (κ3) is 2.18. The third-order valence-electron chi connectivity index (χ3n) is 2.82. The van der Waals surface area contributed by atoms with E-state index >= 15 is 0 Å². The van der Waals surface area contributed by atoms with Crippen LogP contribution >= 0.6 is 0 Å². The minimum Gasteiger partial charge on any atom is -0.481 e. The lowest BCUT2D eigenvalue weighted by Gasteiger charge is -2.26. The maximum absolute atomic E-state index is 11.3. The highest BCUT2D eigenvalue weighted by molar-refractivity contribution is 5.81. The Kier molecular flexibility index (Phi) is 3.48. The molecule has 2 N–H and O–H groups in total. The summed E-state index contributed by atoms with van der Waals surface area (Å²) in [5, 5.41) is 18.2. The molecule has 1 atom stereocenters. The second-order valence-corrected chi connectivity index (χ2v) is 3.93. The van der Waals surface area contributed by atoms with Gasteiger partial charge in [-0.2, -0.15) is 0 Å². The zero-order chi connectivity index (χ0) is 11.5. The number of hydrogen-bond acceptors (Lipinski definition) is 2. The first-order valence-electron chi connectivity index (χ1n) is 4.92. The summed E-state index contributed by atoms with van der Waals surface area (Å²) in [6.07, 6.45) is 0.229. The van der Waals surface area contributed by atoms with E-state index in [1.54, 1.807) is 13.0 Å². The number of carbonyl (C=O) groups is 1. The number of hydrogen-bond donors (Lipinski definition) is 2. The zero-order valence-electron chi connectivity index (χ0n) is 9.03. The van der Waals surface area contributed by atoms with Gasteiger partial charge >= 0.3 is 5.97 Å². The average molecular weight is 208 g/mol. The van der Waals surface area contributed by atoms with E-state index in [0.29, 0.717) is 0 Å². The van der Waals surface area contributed by atoms with Gasteiger partial charge < -0.3 is 10.2 Å². The number of carboxylic acids is 1. The SMILES string of the molecule is Cc1ccccc1C(C)(CCO)C(=O)O. The number of aliphatic hydroxyl groups excluding tert-OH is 1. The maximum Gasteiger partial charge on any atom is 0.313 e. The van der Waals surface area contributed by atoms with E-state index in [1.807, 2.05) is 25.1 Å². The Bertz CT molecular complexity index is 360. The standard InChI is InChI=1S/C12H16O3/c1-9-5-3-4-6-10(9)12(2,7-8-13)11(14)15/h3-6,13H,7-8H2,1-2H3,(H,14,15). The van der Waals surface area contributed by atoms with Crippen molar-refractivity contribution in [3.63, 3.8) is 0 Å². The molecule has 0 saturated heterocycles. The molecule has 1 aromatic rings. The van der Waals surface area contributed by atoms with Crippen molar-refractivity contribution in [2.75, 3.05) is 6.61 Å². The first-order valence-corrected chi connectivity index (χ1v) is 4.92. The largest absolute Gasteiger partial charge is 0.481 e. The average Bonchev–Trinajstić information content (AvgIpc) is 2.18. The number of aliphatic hydroxyl groups is 1. The van der Waals surface area contributed by atoms with Crippen molar-refractivity contribution in [3.05, 3.63) is 35.4 Å². The van der Waals surface area contributed by atoms with Gasteiger partial charge in [-0.3, -0.25) is 4.79 Å². The van der Waals surface area contributed by atoms with Crippen molar-refractivity contribution in [1.82, 2.24) is 0 Å². The fourth-order valence-electron chi connectivity index (χ4n) is 1.77. The minimum atomic E-state index is -1.000. The van der Waals surface area contributed by atoms with Gasteiger partial charge in [-0.05, 0) is 31.4 Å². The van der Waals surface area contributed by atoms with Crippen LogP contribution in [0.1, 0.15) is 24.5 Å². The van der Waals surface area contributed by atoms with Gasteiger partial charge in [0.05, 0.1) is 5.41 Å². The van der Waals surface area contributed by atoms with E-state index < -0.39 is 11.4 Å². The predicted molar refractivity (Wildman–Crippen MR) is 57.9 cm³/mol. The second kappa shape index (κ2) is 4.45. The lowest BCUT2D eigenvalue weighted by molar-refractivity contribution is -0.143. The molecular weight excluding hydrogens is 192 g/mol. The van der Waals surface area contributed by atoms with Crippen LogP contribution in [0.3, 0.4) is 0 Å². The Morgan fingerprint density at radius 3 is 2.47 bits per heavy atom. The minimum absolute atomic E-state index is 0.128. The van der Waals surface area contributed by atoms with E-state index in [1.165, 1.54) is 0 Å². The Morgan fingerprint density at radius 1 is 1.40 bits per heavy atom. The number of benzene rings is 1. The van der Waals surface area contributed by atoms with Crippen molar-refractivity contribution < 1.29 is 15.0 Å². The van der Waals surface area contributed by atoms with Crippen molar-refractivity contribution in [1.29, 1.82) is 0 Å². The van der Waals surface area contributed by atoms with E-state index in [2.05, 4.69) is 0 Å². The van der Waals surface area contributed by atoms with Crippen LogP contribution in [0.2, 0.25) is 0 Å². The molecule has 0 spiro atoms. The van der Waals surface area contributed by atoms with Crippen LogP contribution in [0.15, 0.2) is 24.3 Å². The summed E-state index contributed by atoms with van der Waals surface area (Å²) in [4.78, 5) is 11.3. The predicted octanol–water partition coefficient (Wildman–Crippen LogP) is 1.72. The summed E-state index contributed by atoms with van der Waals surface area (Å²) < 4.78 is 0. The molecule has 0 heterocycles. The van der Waals surface area contributed by atoms with Gasteiger partial charge in [0, 0.05) is 6.61 Å². The molecule has 3 nitrogen and oxygen atoms in total. The molecule has 0 fully saturated rings. The summed E-state index contributed by atoms with van der Waals surface area (Å²) in [6.45, 7) is 3.40. The van der Waals surface area contributed by atoms with Gasteiger partial charge in [0.2, 0.25) is 0 Å². The van der Waals surface area contributed by atoms with Crippen LogP contribution in [0.25, 0.3) is 0 Å². The smallest absolute Gasteiger partial charge is 0.313 e. The van der Waals surface area contributed by atoms with Crippen molar-refractivity contribution >= 4 is 5.97 Å². The first kappa shape index (κ1) is 11.7. The lowest BCUT2D eigenvalue weighted by Crippen LogP contribution is -2.34. The van der Waals surface area contributed by atoms with Gasteiger partial charge in [0.25, 0.3) is 0 Å². The molecule has 0 radical (unpaired) electrons. The van der Waals surface area contributed by atoms with Crippen LogP contribution < -0.4 is 0 Å². The Hall–Kier alpha value is -1.35. The van der Waals surface area contributed by atoms with Crippen LogP contribution in [0.4, 0.5) is 0 Å². The third-order valence-corrected chi connectivity index (χ3v) is 2.82. The summed E-state index contributed by atoms with van der Waals surface area (Å²) in [5.74, 6) is -0.897. The maximum atomic E-state index is 11.3. The van der Waals surface area contributed by atoms with Gasteiger partial charge in [0.15, 0.2) is 0 Å². The molecule has 0 aliphatic rings. The first-order chi connectivity index (χ1) is 7.02. The van der Waals surface area contributed by atoms with E-state index in [0.717, 1.165) is 11.1 Å². The number of carboxylic acid groups (broad SMARTS) is 1. The normalized spacial score (nSPS) is 14.6. The van der Waals surface area contributed by atoms with Crippen molar-refractivity contribution in [2.45, 2.75) is 25.7 Å². The molecule has 0 aliphatic carbocycles. The highest BCUT2D eigenvalue weighted by Crippen LogP contribution is 2.30. The zero-order valence-corrected chi connectivity index (χ0v) is 9.03. The monoisotopic (exact) mass is 208 g/mol. The number of aliphatic carboxylic acids is 1. The van der Waals surface area contributed by atoms with Gasteiger partial charge in [-0.15, -0.1) is 0 Å². The van der Waals surface area contributed by atoms with Crippen LogP contribution in [-0.2, 0) is 10.2 Å². The van der Waals surface area contributed by atoms with Gasteiger partial charge in [-0.25, -0.2) is 0 Å². The van der Waals surface area contributed by atoms with E-state index in [9.17, 15) is 9.90 Å². The number of aryl methyl sites for hydroxylation is 1. The molecule has 0 aliphatic heterocycles. The van der Waals surface area contributed by atoms with Crippen molar-refractivity contribution in [2.24, 2.45) is 0 Å². The molecule has 15 heavy (non-hydrogen) atoms. The van der Waals surface area contributed by atoms with Crippen LogP contribution in [-0.4, -0.2) is 22.8 Å². The van der Waals surface area contributed by atoms with Crippen molar-refractivity contribution in [3.8, 4) is 0 Å². The Labute approximate surface area is 89.4 Å². The summed E-state index contributed by atoms with van der Waals surface area (Å²) in [7, 11) is 0. The van der Waals surface area contributed by atoms with E-state index in [4.69, 9.17) is 5.11 Å². The molecule has 1 unspecified atom stereocenters. The summed E-state index contributed by atoms with van der Waals surface area (Å²) in [6, 6.07) is 7.38. The van der Waals surface area contributed by atoms with Crippen LogP contribution in [0.5, 0.6) is 0 Å². The molecule has 82 valence electrons. The molecule has 3 heteroatoms. The lowest BCUT2D eigenvalue weighted by atomic mass is 9.78. The molecule has 0 bridgehead atoms. The molecule has 0 aromatic heterocycles. The fourth-order valence-corrected chi connectivity index (χ4v) is 1.77.